The molecule has 0 bridgehead atoms. The van der Waals surface area contributed by atoms with Gasteiger partial charge in [0.1, 0.15) is 31.3 Å². The van der Waals surface area contributed by atoms with Crippen LogP contribution in [0.2, 0.25) is 0 Å². The lowest BCUT2D eigenvalue weighted by molar-refractivity contribution is -0.144. The van der Waals surface area contributed by atoms with E-state index in [9.17, 15) is 43.2 Å². The Labute approximate surface area is 293 Å². The number of hydrogen-bond acceptors (Lipinski definition) is 18. The molecule has 0 heterocycles. The molecule has 3 amide bonds. The molecule has 0 aromatic rings. The summed E-state index contributed by atoms with van der Waals surface area (Å²) in [7, 11) is 3.32. The molecule has 21 nitrogen and oxygen atoms in total. The van der Waals surface area contributed by atoms with E-state index in [0.29, 0.717) is 38.5 Å². The summed E-state index contributed by atoms with van der Waals surface area (Å²) in [6, 6.07) is -3.48. The molecular formula is C30H44N6O15. The fourth-order valence-electron chi connectivity index (χ4n) is 4.08. The Morgan fingerprint density at radius 1 is 0.510 bits per heavy atom. The highest BCUT2D eigenvalue weighted by Crippen LogP contribution is 2.08. The maximum atomic E-state index is 12.8. The molecule has 0 saturated carbocycles. The number of alkyl carbamates (subject to hydrolysis) is 3. The van der Waals surface area contributed by atoms with Crippen molar-refractivity contribution in [1.29, 1.82) is 0 Å². The number of isocyanates is 3. The van der Waals surface area contributed by atoms with Gasteiger partial charge in [-0.25, -0.2) is 58.1 Å². The van der Waals surface area contributed by atoms with Gasteiger partial charge in [-0.05, 0) is 57.8 Å². The Morgan fingerprint density at radius 3 is 1.12 bits per heavy atom. The van der Waals surface area contributed by atoms with E-state index in [4.69, 9.17) is 28.4 Å². The number of nitrogens with one attached hydrogen (secondary N) is 3. The van der Waals surface area contributed by atoms with Crippen molar-refractivity contribution in [2.24, 2.45) is 15.0 Å². The van der Waals surface area contributed by atoms with Crippen LogP contribution in [0.1, 0.15) is 57.8 Å². The molecule has 0 aromatic carbocycles. The van der Waals surface area contributed by atoms with E-state index in [1.165, 1.54) is 18.2 Å². The maximum Gasteiger partial charge on any atom is 0.408 e. The van der Waals surface area contributed by atoms with Crippen LogP contribution in [-0.4, -0.2) is 133 Å². The SMILES string of the molecule is COC(=O)C(CCCCN=C=O)NC(=O)OCC(COC(=O)NC(CCCCN=C=O)C(=O)OC)OC(=O)NC(CCCCN=C=O)C(=O)OC. The molecule has 0 aliphatic carbocycles. The van der Waals surface area contributed by atoms with E-state index in [1.54, 1.807) is 0 Å². The lowest BCUT2D eigenvalue weighted by Crippen LogP contribution is -2.46. The molecule has 0 spiro atoms. The van der Waals surface area contributed by atoms with Gasteiger partial charge in [-0.1, -0.05) is 0 Å². The molecule has 3 N–H and O–H groups in total. The Morgan fingerprint density at radius 2 is 0.824 bits per heavy atom. The predicted molar refractivity (Wildman–Crippen MR) is 170 cm³/mol. The van der Waals surface area contributed by atoms with Crippen LogP contribution in [-0.2, 0) is 57.2 Å². The van der Waals surface area contributed by atoms with E-state index in [1.807, 2.05) is 0 Å². The minimum Gasteiger partial charge on any atom is -0.467 e. The lowest BCUT2D eigenvalue weighted by atomic mass is 10.1. The summed E-state index contributed by atoms with van der Waals surface area (Å²) < 4.78 is 29.6. The van der Waals surface area contributed by atoms with Gasteiger partial charge in [-0.3, -0.25) is 0 Å². The van der Waals surface area contributed by atoms with E-state index in [2.05, 4.69) is 30.9 Å². The van der Waals surface area contributed by atoms with Gasteiger partial charge in [0.25, 0.3) is 0 Å². The van der Waals surface area contributed by atoms with Gasteiger partial charge in [0.2, 0.25) is 18.2 Å². The van der Waals surface area contributed by atoms with Crippen LogP contribution >= 0.6 is 0 Å². The Balaban J connectivity index is 5.65. The first-order chi connectivity index (χ1) is 24.6. The highest BCUT2D eigenvalue weighted by Gasteiger charge is 2.28. The zero-order chi connectivity index (χ0) is 38.3. The fourth-order valence-corrected chi connectivity index (χ4v) is 4.08. The lowest BCUT2D eigenvalue weighted by Gasteiger charge is -2.22. The molecule has 51 heavy (non-hydrogen) atoms. The quantitative estimate of drug-likeness (QED) is 0.0363. The number of nitrogens with zero attached hydrogens (tertiary/aromatic N) is 3. The number of rotatable bonds is 26. The van der Waals surface area contributed by atoms with Crippen LogP contribution in [0.15, 0.2) is 15.0 Å². The Hall–Kier alpha value is -5.64. The molecule has 0 saturated heterocycles. The molecule has 3 unspecified atom stereocenters. The van der Waals surface area contributed by atoms with Crippen molar-refractivity contribution in [3.8, 4) is 0 Å². The van der Waals surface area contributed by atoms with Crippen molar-refractivity contribution in [1.82, 2.24) is 16.0 Å². The topological polar surface area (TPSA) is 282 Å². The molecule has 3 atom stereocenters. The highest BCUT2D eigenvalue weighted by molar-refractivity contribution is 5.82. The summed E-state index contributed by atoms with van der Waals surface area (Å²) in [5.41, 5.74) is 0. The number of methoxy groups -OCH3 is 3. The molecule has 0 aromatic heterocycles. The third kappa shape index (κ3) is 22.6. The average Bonchev–Trinajstić information content (AvgIpc) is 3.12. The van der Waals surface area contributed by atoms with Crippen LogP contribution in [0.3, 0.4) is 0 Å². The van der Waals surface area contributed by atoms with Gasteiger partial charge in [0.05, 0.1) is 41.0 Å². The van der Waals surface area contributed by atoms with Gasteiger partial charge < -0.3 is 44.4 Å². The summed E-state index contributed by atoms with van der Waals surface area (Å²) in [5, 5.41) is 6.93. The first-order valence-electron chi connectivity index (χ1n) is 15.7. The molecule has 0 aliphatic rings. The normalized spacial score (nSPS) is 12.3. The van der Waals surface area contributed by atoms with E-state index in [0.717, 1.165) is 21.3 Å². The van der Waals surface area contributed by atoms with Gasteiger partial charge in [0.15, 0.2) is 6.10 Å². The summed E-state index contributed by atoms with van der Waals surface area (Å²) in [5.74, 6) is -2.39. The second kappa shape index (κ2) is 29.3. The summed E-state index contributed by atoms with van der Waals surface area (Å²) >= 11 is 0. The molecule has 21 heteroatoms. The van der Waals surface area contributed by atoms with Crippen LogP contribution < -0.4 is 16.0 Å². The third-order valence-corrected chi connectivity index (χ3v) is 6.64. The molecule has 284 valence electrons. The van der Waals surface area contributed by atoms with Gasteiger partial charge in [-0.15, -0.1) is 0 Å². The molecule has 0 rings (SSSR count). The Bertz CT molecular complexity index is 1200. The zero-order valence-electron chi connectivity index (χ0n) is 28.7. The summed E-state index contributed by atoms with van der Waals surface area (Å²) in [6.45, 7) is -0.963. The molecule has 0 aliphatic heterocycles. The van der Waals surface area contributed by atoms with E-state index in [-0.39, 0.29) is 38.9 Å². The standard InChI is InChI=1S/C30H44N6O15/c1-46-25(40)22(10-4-7-13-31-18-37)34-28(43)49-16-21(51-30(45)36-24(27(42)48-3)12-6-9-15-33-20-39)17-50-29(44)35-23(26(41)47-2)11-5-8-14-32-19-38/h21-24H,4-17H2,1-3H3,(H,34,43)(H,35,44)(H,36,45). The largest absolute Gasteiger partial charge is 0.467 e. The number of ether oxygens (including phenoxy) is 6. The predicted octanol–water partition coefficient (Wildman–Crippen LogP) is 0.677. The van der Waals surface area contributed by atoms with E-state index >= 15 is 0 Å². The first kappa shape index (κ1) is 45.4. The molecule has 0 radical (unpaired) electrons. The number of hydrogen-bond donors (Lipinski definition) is 3. The minimum atomic E-state index is -1.49. The Kier molecular flexibility index (Phi) is 26.1. The van der Waals surface area contributed by atoms with Crippen molar-refractivity contribution >= 4 is 54.4 Å². The third-order valence-electron chi connectivity index (χ3n) is 6.64. The van der Waals surface area contributed by atoms with Crippen molar-refractivity contribution in [2.45, 2.75) is 82.0 Å². The number of esters is 3. The van der Waals surface area contributed by atoms with Crippen molar-refractivity contribution in [2.75, 3.05) is 54.2 Å². The maximum absolute atomic E-state index is 12.8. The number of carbonyl (C=O) groups is 6. The highest BCUT2D eigenvalue weighted by atomic mass is 16.6. The van der Waals surface area contributed by atoms with Crippen molar-refractivity contribution in [3.63, 3.8) is 0 Å². The van der Waals surface area contributed by atoms with Crippen LogP contribution in [0.4, 0.5) is 14.4 Å². The number of carbonyl (C=O) groups excluding carboxylic acids is 9. The van der Waals surface area contributed by atoms with Gasteiger partial charge in [-0.2, -0.15) is 0 Å². The number of amides is 3. The smallest absolute Gasteiger partial charge is 0.408 e. The van der Waals surface area contributed by atoms with Crippen LogP contribution in [0.25, 0.3) is 0 Å². The number of unbranched alkanes of at least 4 members (excludes halogenated alkanes) is 3. The zero-order valence-corrected chi connectivity index (χ0v) is 28.7. The average molecular weight is 729 g/mol. The van der Waals surface area contributed by atoms with Crippen LogP contribution in [0.5, 0.6) is 0 Å². The second-order valence-electron chi connectivity index (χ2n) is 10.3. The minimum absolute atomic E-state index is 0.0749. The second-order valence-corrected chi connectivity index (χ2v) is 10.3. The van der Waals surface area contributed by atoms with Crippen LogP contribution in [0, 0.1) is 0 Å². The number of aliphatic imine (C=N–C) groups is 3. The monoisotopic (exact) mass is 728 g/mol. The van der Waals surface area contributed by atoms with Crippen molar-refractivity contribution in [3.05, 3.63) is 0 Å². The van der Waals surface area contributed by atoms with Gasteiger partial charge >= 0.3 is 36.2 Å². The van der Waals surface area contributed by atoms with Gasteiger partial charge in [0, 0.05) is 0 Å². The first-order valence-corrected chi connectivity index (χ1v) is 15.7. The summed E-state index contributed by atoms with van der Waals surface area (Å²) in [4.78, 5) is 116. The van der Waals surface area contributed by atoms with E-state index < -0.39 is 73.6 Å². The summed E-state index contributed by atoms with van der Waals surface area (Å²) in [6.07, 6.45) is 1.80. The fraction of sp³-hybridized carbons (Fsp3) is 0.700. The van der Waals surface area contributed by atoms with Crippen molar-refractivity contribution < 1.29 is 71.6 Å². The molecular weight excluding hydrogens is 684 g/mol. The molecule has 0 fully saturated rings.